The summed E-state index contributed by atoms with van der Waals surface area (Å²) in [4.78, 5) is 27.8. The van der Waals surface area contributed by atoms with Crippen molar-refractivity contribution < 1.29 is 18.7 Å². The molecule has 148 valence electrons. The number of methoxy groups -OCH3 is 1. The second-order valence-electron chi connectivity index (χ2n) is 6.66. The van der Waals surface area contributed by atoms with Crippen LogP contribution in [0.25, 0.3) is 10.4 Å². The zero-order chi connectivity index (χ0) is 20.4. The zero-order valence-corrected chi connectivity index (χ0v) is 16.6. The lowest BCUT2D eigenvalue weighted by molar-refractivity contribution is -0.117. The van der Waals surface area contributed by atoms with Gasteiger partial charge in [-0.3, -0.25) is 9.59 Å². The molecule has 2 aromatic carbocycles. The number of rotatable bonds is 5. The first-order valence-electron chi connectivity index (χ1n) is 9.20. The Morgan fingerprint density at radius 3 is 2.62 bits per heavy atom. The fraction of sp³-hybridized carbons (Fsp3) is 0.182. The van der Waals surface area contributed by atoms with Crippen molar-refractivity contribution in [1.29, 1.82) is 0 Å². The molecule has 7 heteroatoms. The van der Waals surface area contributed by atoms with Crippen molar-refractivity contribution in [2.24, 2.45) is 0 Å². The van der Waals surface area contributed by atoms with Gasteiger partial charge in [0.15, 0.2) is 0 Å². The van der Waals surface area contributed by atoms with Crippen LogP contribution >= 0.6 is 11.3 Å². The van der Waals surface area contributed by atoms with Crippen molar-refractivity contribution >= 4 is 34.5 Å². The number of nitrogens with one attached hydrogen (secondary N) is 1. The Labute approximate surface area is 171 Å². The molecule has 0 atom stereocenters. The van der Waals surface area contributed by atoms with E-state index in [-0.39, 0.29) is 17.6 Å². The maximum atomic E-state index is 13.1. The van der Waals surface area contributed by atoms with Gasteiger partial charge < -0.3 is 15.0 Å². The van der Waals surface area contributed by atoms with Gasteiger partial charge in [-0.15, -0.1) is 11.3 Å². The van der Waals surface area contributed by atoms with E-state index in [9.17, 15) is 14.0 Å². The normalized spacial score (nSPS) is 13.6. The average Bonchev–Trinajstić information content (AvgIpc) is 3.38. The molecule has 5 nitrogen and oxygen atoms in total. The first-order valence-corrected chi connectivity index (χ1v) is 10.0. The number of hydrogen-bond acceptors (Lipinski definition) is 4. The third-order valence-electron chi connectivity index (χ3n) is 4.76. The summed E-state index contributed by atoms with van der Waals surface area (Å²) in [6.45, 7) is 0.669. The lowest BCUT2D eigenvalue weighted by atomic mass is 10.2. The maximum Gasteiger partial charge on any atom is 0.265 e. The molecule has 0 aliphatic carbocycles. The van der Waals surface area contributed by atoms with Crippen LogP contribution in [0.15, 0.2) is 54.6 Å². The molecule has 3 aromatic rings. The van der Waals surface area contributed by atoms with Gasteiger partial charge in [0, 0.05) is 29.6 Å². The Bertz CT molecular complexity index is 1060. The summed E-state index contributed by atoms with van der Waals surface area (Å²) in [6, 6.07) is 15.0. The van der Waals surface area contributed by atoms with Gasteiger partial charge in [0.25, 0.3) is 5.91 Å². The summed E-state index contributed by atoms with van der Waals surface area (Å²) in [5.41, 5.74) is 2.15. The van der Waals surface area contributed by atoms with E-state index in [1.165, 1.54) is 23.5 Å². The molecule has 1 aliphatic rings. The standard InChI is InChI=1S/C22H19FN2O3S/c1-28-18-13-16(8-9-17(18)25-12-2-3-21(25)26)24-22(27)20-11-10-19(29-20)14-4-6-15(23)7-5-14/h4-11,13H,2-3,12H2,1H3,(H,24,27). The van der Waals surface area contributed by atoms with E-state index in [2.05, 4.69) is 5.32 Å². The highest BCUT2D eigenvalue weighted by Gasteiger charge is 2.24. The Balaban J connectivity index is 1.51. The number of anilines is 2. The van der Waals surface area contributed by atoms with Crippen LogP contribution in [0.4, 0.5) is 15.8 Å². The minimum atomic E-state index is -0.295. The van der Waals surface area contributed by atoms with Crippen molar-refractivity contribution in [2.75, 3.05) is 23.9 Å². The minimum Gasteiger partial charge on any atom is -0.494 e. The first-order chi connectivity index (χ1) is 14.0. The van der Waals surface area contributed by atoms with Crippen LogP contribution in [0.5, 0.6) is 5.75 Å². The molecule has 0 spiro atoms. The molecule has 2 amide bonds. The highest BCUT2D eigenvalue weighted by molar-refractivity contribution is 7.17. The predicted octanol–water partition coefficient (Wildman–Crippen LogP) is 4.94. The highest BCUT2D eigenvalue weighted by Crippen LogP contribution is 2.34. The summed E-state index contributed by atoms with van der Waals surface area (Å²) in [7, 11) is 1.54. The van der Waals surface area contributed by atoms with Crippen molar-refractivity contribution in [3.05, 3.63) is 65.3 Å². The molecule has 1 aliphatic heterocycles. The van der Waals surface area contributed by atoms with E-state index in [4.69, 9.17) is 4.74 Å². The van der Waals surface area contributed by atoms with Crippen LogP contribution < -0.4 is 15.0 Å². The monoisotopic (exact) mass is 410 g/mol. The molecule has 2 heterocycles. The zero-order valence-electron chi connectivity index (χ0n) is 15.8. The predicted molar refractivity (Wildman–Crippen MR) is 112 cm³/mol. The summed E-state index contributed by atoms with van der Waals surface area (Å²) in [5.74, 6) is 0.0786. The van der Waals surface area contributed by atoms with Crippen LogP contribution in [0.2, 0.25) is 0 Å². The molecule has 0 bridgehead atoms. The topological polar surface area (TPSA) is 58.6 Å². The van der Waals surface area contributed by atoms with Gasteiger partial charge in [-0.25, -0.2) is 4.39 Å². The molecular formula is C22H19FN2O3S. The molecular weight excluding hydrogens is 391 g/mol. The van der Waals surface area contributed by atoms with E-state index in [0.29, 0.717) is 35.0 Å². The fourth-order valence-corrected chi connectivity index (χ4v) is 4.21. The molecule has 1 N–H and O–H groups in total. The second kappa shape index (κ2) is 8.05. The molecule has 1 aromatic heterocycles. The molecule has 4 rings (SSSR count). The van der Waals surface area contributed by atoms with E-state index in [0.717, 1.165) is 16.9 Å². The molecule has 0 radical (unpaired) electrons. The largest absolute Gasteiger partial charge is 0.494 e. The van der Waals surface area contributed by atoms with E-state index >= 15 is 0 Å². The second-order valence-corrected chi connectivity index (χ2v) is 7.74. The SMILES string of the molecule is COc1cc(NC(=O)c2ccc(-c3ccc(F)cc3)s2)ccc1N1CCCC1=O. The smallest absolute Gasteiger partial charge is 0.265 e. The van der Waals surface area contributed by atoms with E-state index in [1.807, 2.05) is 6.07 Å². The van der Waals surface area contributed by atoms with Crippen LogP contribution in [0.3, 0.4) is 0 Å². The molecule has 1 saturated heterocycles. The number of amides is 2. The average molecular weight is 410 g/mol. The quantitative estimate of drug-likeness (QED) is 0.648. The van der Waals surface area contributed by atoms with E-state index < -0.39 is 0 Å². The first kappa shape index (κ1) is 19.1. The maximum absolute atomic E-state index is 13.1. The van der Waals surface area contributed by atoms with Gasteiger partial charge in [-0.2, -0.15) is 0 Å². The summed E-state index contributed by atoms with van der Waals surface area (Å²) in [6.07, 6.45) is 1.37. The minimum absolute atomic E-state index is 0.0759. The fourth-order valence-electron chi connectivity index (χ4n) is 3.30. The number of hydrogen-bond donors (Lipinski definition) is 1. The summed E-state index contributed by atoms with van der Waals surface area (Å²) >= 11 is 1.33. The van der Waals surface area contributed by atoms with Gasteiger partial charge in [0.2, 0.25) is 5.91 Å². The summed E-state index contributed by atoms with van der Waals surface area (Å²) < 4.78 is 18.5. The van der Waals surface area contributed by atoms with Gasteiger partial charge in [-0.1, -0.05) is 12.1 Å². The Hall–Kier alpha value is -3.19. The van der Waals surface area contributed by atoms with Crippen molar-refractivity contribution in [3.63, 3.8) is 0 Å². The molecule has 0 saturated carbocycles. The van der Waals surface area contributed by atoms with Crippen LogP contribution in [-0.4, -0.2) is 25.5 Å². The third kappa shape index (κ3) is 4.00. The number of thiophene rings is 1. The van der Waals surface area contributed by atoms with E-state index in [1.54, 1.807) is 48.4 Å². The van der Waals surface area contributed by atoms with Crippen LogP contribution in [0.1, 0.15) is 22.5 Å². The highest BCUT2D eigenvalue weighted by atomic mass is 32.1. The lowest BCUT2D eigenvalue weighted by Gasteiger charge is -2.19. The number of ether oxygens (including phenoxy) is 1. The Morgan fingerprint density at radius 2 is 1.93 bits per heavy atom. The number of halogens is 1. The van der Waals surface area contributed by atoms with Crippen LogP contribution in [-0.2, 0) is 4.79 Å². The number of carbonyl (C=O) groups excluding carboxylic acids is 2. The molecule has 29 heavy (non-hydrogen) atoms. The van der Waals surface area contributed by atoms with Gasteiger partial charge >= 0.3 is 0 Å². The lowest BCUT2D eigenvalue weighted by Crippen LogP contribution is -2.24. The van der Waals surface area contributed by atoms with Crippen LogP contribution in [0, 0.1) is 5.82 Å². The molecule has 1 fully saturated rings. The number of nitrogens with zero attached hydrogens (tertiary/aromatic N) is 1. The Kier molecular flexibility index (Phi) is 5.31. The number of benzene rings is 2. The van der Waals surface area contributed by atoms with Gasteiger partial charge in [0.05, 0.1) is 17.7 Å². The van der Waals surface area contributed by atoms with Crippen molar-refractivity contribution in [2.45, 2.75) is 12.8 Å². The molecule has 0 unspecified atom stereocenters. The van der Waals surface area contributed by atoms with Crippen molar-refractivity contribution in [3.8, 4) is 16.2 Å². The third-order valence-corrected chi connectivity index (χ3v) is 5.89. The van der Waals surface area contributed by atoms with Gasteiger partial charge in [-0.05, 0) is 48.4 Å². The van der Waals surface area contributed by atoms with Crippen molar-refractivity contribution in [1.82, 2.24) is 0 Å². The Morgan fingerprint density at radius 1 is 1.14 bits per heavy atom. The van der Waals surface area contributed by atoms with Gasteiger partial charge in [0.1, 0.15) is 11.6 Å². The summed E-state index contributed by atoms with van der Waals surface area (Å²) in [5, 5.41) is 2.86. The number of carbonyl (C=O) groups is 2.